The van der Waals surface area contributed by atoms with Crippen LogP contribution >= 0.6 is 0 Å². The van der Waals surface area contributed by atoms with Gasteiger partial charge in [0.1, 0.15) is 0 Å². The van der Waals surface area contributed by atoms with Crippen LogP contribution in [0.4, 0.5) is 11.4 Å². The predicted molar refractivity (Wildman–Crippen MR) is 93.3 cm³/mol. The lowest BCUT2D eigenvalue weighted by atomic mass is 10.1. The maximum atomic E-state index is 12.0. The first-order chi connectivity index (χ1) is 11.0. The van der Waals surface area contributed by atoms with E-state index in [9.17, 15) is 9.59 Å². The number of carbonyl (C=O) groups excluding carboxylic acids is 2. The summed E-state index contributed by atoms with van der Waals surface area (Å²) in [5, 5.41) is 5.69. The van der Waals surface area contributed by atoms with Gasteiger partial charge in [0.05, 0.1) is 6.42 Å². The Balaban J connectivity index is 1.87. The van der Waals surface area contributed by atoms with Gasteiger partial charge in [-0.1, -0.05) is 44.2 Å². The van der Waals surface area contributed by atoms with E-state index in [4.69, 9.17) is 0 Å². The Morgan fingerprint density at radius 3 is 1.87 bits per heavy atom. The molecule has 0 saturated heterocycles. The van der Waals surface area contributed by atoms with Crippen LogP contribution in [-0.2, 0) is 16.0 Å². The Labute approximate surface area is 136 Å². The topological polar surface area (TPSA) is 58.2 Å². The fraction of sp³-hybridized carbons (Fsp3) is 0.263. The minimum atomic E-state index is -0.0622. The quantitative estimate of drug-likeness (QED) is 0.851. The molecule has 2 N–H and O–H groups in total. The molecule has 0 unspecified atom stereocenters. The molecule has 2 amide bonds. The van der Waals surface area contributed by atoms with Crippen molar-refractivity contribution >= 4 is 23.2 Å². The van der Waals surface area contributed by atoms with Gasteiger partial charge in [-0.15, -0.1) is 0 Å². The molecule has 23 heavy (non-hydrogen) atoms. The SMILES string of the molecule is CC(C)CC(=O)Nc1ccc(NC(=O)Cc2ccccc2)cc1. The molecule has 2 aromatic rings. The molecule has 0 atom stereocenters. The minimum absolute atomic E-state index is 0.000799. The molecule has 0 spiro atoms. The van der Waals surface area contributed by atoms with E-state index in [1.807, 2.05) is 44.2 Å². The fourth-order valence-electron chi connectivity index (χ4n) is 2.21. The van der Waals surface area contributed by atoms with Gasteiger partial charge in [0.2, 0.25) is 11.8 Å². The highest BCUT2D eigenvalue weighted by Crippen LogP contribution is 2.15. The summed E-state index contributed by atoms with van der Waals surface area (Å²) >= 11 is 0. The van der Waals surface area contributed by atoms with Gasteiger partial charge in [-0.05, 0) is 35.7 Å². The first kappa shape index (κ1) is 16.7. The monoisotopic (exact) mass is 310 g/mol. The van der Waals surface area contributed by atoms with Crippen LogP contribution in [0, 0.1) is 5.92 Å². The standard InChI is InChI=1S/C19H22N2O2/c1-14(2)12-18(22)20-16-8-10-17(11-9-16)21-19(23)13-15-6-4-3-5-7-15/h3-11,14H,12-13H2,1-2H3,(H,20,22)(H,21,23). The van der Waals surface area contributed by atoms with Gasteiger partial charge < -0.3 is 10.6 Å². The van der Waals surface area contributed by atoms with Gasteiger partial charge >= 0.3 is 0 Å². The van der Waals surface area contributed by atoms with E-state index >= 15 is 0 Å². The number of nitrogens with one attached hydrogen (secondary N) is 2. The van der Waals surface area contributed by atoms with Crippen LogP contribution in [-0.4, -0.2) is 11.8 Å². The van der Waals surface area contributed by atoms with Crippen molar-refractivity contribution in [1.82, 2.24) is 0 Å². The average Bonchev–Trinajstić information content (AvgIpc) is 2.49. The van der Waals surface area contributed by atoms with E-state index in [1.54, 1.807) is 24.3 Å². The molecular weight excluding hydrogens is 288 g/mol. The lowest BCUT2D eigenvalue weighted by Gasteiger charge is -2.09. The highest BCUT2D eigenvalue weighted by Gasteiger charge is 2.06. The third-order valence-corrected chi connectivity index (χ3v) is 3.25. The summed E-state index contributed by atoms with van der Waals surface area (Å²) in [5.74, 6) is 0.264. The maximum Gasteiger partial charge on any atom is 0.228 e. The fourth-order valence-corrected chi connectivity index (χ4v) is 2.21. The number of benzene rings is 2. The van der Waals surface area contributed by atoms with E-state index in [0.29, 0.717) is 24.4 Å². The van der Waals surface area contributed by atoms with Gasteiger partial charge in [0.15, 0.2) is 0 Å². The zero-order valence-electron chi connectivity index (χ0n) is 13.5. The Hall–Kier alpha value is -2.62. The molecule has 0 aliphatic carbocycles. The van der Waals surface area contributed by atoms with Crippen LogP contribution < -0.4 is 10.6 Å². The molecule has 4 heteroatoms. The second-order valence-electron chi connectivity index (χ2n) is 5.93. The second-order valence-corrected chi connectivity index (χ2v) is 5.93. The molecule has 0 bridgehead atoms. The number of carbonyl (C=O) groups is 2. The highest BCUT2D eigenvalue weighted by molar-refractivity contribution is 5.93. The van der Waals surface area contributed by atoms with E-state index in [0.717, 1.165) is 11.3 Å². The van der Waals surface area contributed by atoms with Gasteiger partial charge in [0.25, 0.3) is 0 Å². The second kappa shape index (κ2) is 8.13. The van der Waals surface area contributed by atoms with E-state index < -0.39 is 0 Å². The molecule has 0 aliphatic rings. The largest absolute Gasteiger partial charge is 0.326 e. The van der Waals surface area contributed by atoms with Crippen molar-refractivity contribution in [2.24, 2.45) is 5.92 Å². The molecular formula is C19H22N2O2. The Kier molecular flexibility index (Phi) is 5.92. The van der Waals surface area contributed by atoms with Gasteiger partial charge in [-0.2, -0.15) is 0 Å². The molecule has 0 aliphatic heterocycles. The Morgan fingerprint density at radius 2 is 1.35 bits per heavy atom. The molecule has 0 fully saturated rings. The van der Waals surface area contributed by atoms with Gasteiger partial charge in [-0.25, -0.2) is 0 Å². The van der Waals surface area contributed by atoms with Crippen LogP contribution in [0.25, 0.3) is 0 Å². The first-order valence-electron chi connectivity index (χ1n) is 7.76. The van der Waals surface area contributed by atoms with Crippen molar-refractivity contribution in [3.8, 4) is 0 Å². The normalized spacial score (nSPS) is 10.4. The van der Waals surface area contributed by atoms with Crippen LogP contribution in [0.3, 0.4) is 0 Å². The molecule has 120 valence electrons. The molecule has 0 aromatic heterocycles. The van der Waals surface area contributed by atoms with E-state index in [-0.39, 0.29) is 11.8 Å². The molecule has 0 radical (unpaired) electrons. The van der Waals surface area contributed by atoms with Crippen LogP contribution in [0.2, 0.25) is 0 Å². The summed E-state index contributed by atoms with van der Waals surface area (Å²) < 4.78 is 0. The molecule has 2 rings (SSSR count). The first-order valence-corrected chi connectivity index (χ1v) is 7.76. The van der Waals surface area contributed by atoms with Crippen LogP contribution in [0.1, 0.15) is 25.8 Å². The summed E-state index contributed by atoms with van der Waals surface area (Å²) in [6.45, 7) is 4.01. The van der Waals surface area contributed by atoms with Crippen molar-refractivity contribution < 1.29 is 9.59 Å². The molecule has 4 nitrogen and oxygen atoms in total. The number of rotatable bonds is 6. The summed E-state index contributed by atoms with van der Waals surface area (Å²) in [4.78, 5) is 23.7. The lowest BCUT2D eigenvalue weighted by molar-refractivity contribution is -0.117. The lowest BCUT2D eigenvalue weighted by Crippen LogP contribution is -2.15. The Morgan fingerprint density at radius 1 is 0.826 bits per heavy atom. The van der Waals surface area contributed by atoms with Crippen molar-refractivity contribution in [2.45, 2.75) is 26.7 Å². The van der Waals surface area contributed by atoms with Crippen molar-refractivity contribution in [3.63, 3.8) is 0 Å². The van der Waals surface area contributed by atoms with E-state index in [1.165, 1.54) is 0 Å². The average molecular weight is 310 g/mol. The van der Waals surface area contributed by atoms with Gasteiger partial charge in [-0.3, -0.25) is 9.59 Å². The zero-order valence-corrected chi connectivity index (χ0v) is 13.5. The molecule has 0 saturated carbocycles. The summed E-state index contributed by atoms with van der Waals surface area (Å²) in [7, 11) is 0. The van der Waals surface area contributed by atoms with Crippen LogP contribution in [0.5, 0.6) is 0 Å². The molecule has 2 aromatic carbocycles. The minimum Gasteiger partial charge on any atom is -0.326 e. The summed E-state index contributed by atoms with van der Waals surface area (Å²) in [6, 6.07) is 16.7. The Bertz CT molecular complexity index is 649. The number of anilines is 2. The van der Waals surface area contributed by atoms with Crippen molar-refractivity contribution in [3.05, 3.63) is 60.2 Å². The summed E-state index contributed by atoms with van der Waals surface area (Å²) in [6.07, 6.45) is 0.837. The third kappa shape index (κ3) is 5.94. The molecule has 0 heterocycles. The summed E-state index contributed by atoms with van der Waals surface area (Å²) in [5.41, 5.74) is 2.42. The number of hydrogen-bond donors (Lipinski definition) is 2. The van der Waals surface area contributed by atoms with Crippen molar-refractivity contribution in [2.75, 3.05) is 10.6 Å². The third-order valence-electron chi connectivity index (χ3n) is 3.25. The predicted octanol–water partition coefficient (Wildman–Crippen LogP) is 3.85. The van der Waals surface area contributed by atoms with Crippen molar-refractivity contribution in [1.29, 1.82) is 0 Å². The van der Waals surface area contributed by atoms with E-state index in [2.05, 4.69) is 10.6 Å². The number of amides is 2. The van der Waals surface area contributed by atoms with Gasteiger partial charge in [0, 0.05) is 17.8 Å². The van der Waals surface area contributed by atoms with Crippen LogP contribution in [0.15, 0.2) is 54.6 Å². The smallest absolute Gasteiger partial charge is 0.228 e. The maximum absolute atomic E-state index is 12.0. The number of hydrogen-bond acceptors (Lipinski definition) is 2. The zero-order chi connectivity index (χ0) is 16.7. The highest BCUT2D eigenvalue weighted by atomic mass is 16.2.